The Morgan fingerprint density at radius 3 is 2.96 bits per heavy atom. The summed E-state index contributed by atoms with van der Waals surface area (Å²) in [6.07, 6.45) is 9.43. The maximum atomic E-state index is 13.0. The van der Waals surface area contributed by atoms with Crippen molar-refractivity contribution in [2.75, 3.05) is 13.7 Å². The van der Waals surface area contributed by atoms with Crippen molar-refractivity contribution in [1.82, 2.24) is 14.5 Å². The Morgan fingerprint density at radius 2 is 2.15 bits per heavy atom. The zero-order valence-corrected chi connectivity index (χ0v) is 15.7. The van der Waals surface area contributed by atoms with Crippen LogP contribution in [0.4, 0.5) is 0 Å². The number of fused-ring (bicyclic) bond motifs is 1. The number of piperidine rings is 1. The molecular formula is C22H25N3O2. The molecule has 140 valence electrons. The number of benzene rings is 1. The number of aryl methyl sites for hydroxylation is 1. The molecule has 1 saturated heterocycles. The van der Waals surface area contributed by atoms with E-state index >= 15 is 0 Å². The summed E-state index contributed by atoms with van der Waals surface area (Å²) in [7, 11) is 1.68. The van der Waals surface area contributed by atoms with Crippen molar-refractivity contribution in [3.63, 3.8) is 0 Å². The van der Waals surface area contributed by atoms with Gasteiger partial charge in [0.1, 0.15) is 5.75 Å². The first-order valence-corrected chi connectivity index (χ1v) is 9.59. The Bertz CT molecular complexity index is 920. The predicted molar refractivity (Wildman–Crippen MR) is 106 cm³/mol. The van der Waals surface area contributed by atoms with Gasteiger partial charge in [-0.05, 0) is 43.0 Å². The number of pyridine rings is 1. The molecule has 1 fully saturated rings. The lowest BCUT2D eigenvalue weighted by atomic mass is 9.96. The summed E-state index contributed by atoms with van der Waals surface area (Å²) in [4.78, 5) is 19.3. The van der Waals surface area contributed by atoms with E-state index in [1.807, 2.05) is 35.5 Å². The monoisotopic (exact) mass is 363 g/mol. The quantitative estimate of drug-likeness (QED) is 0.683. The van der Waals surface area contributed by atoms with Gasteiger partial charge in [0.05, 0.1) is 18.7 Å². The molecule has 4 rings (SSSR count). The highest BCUT2D eigenvalue weighted by Gasteiger charge is 2.27. The van der Waals surface area contributed by atoms with Crippen LogP contribution in [0, 0.1) is 0 Å². The highest BCUT2D eigenvalue weighted by molar-refractivity contribution is 5.86. The van der Waals surface area contributed by atoms with Crippen molar-refractivity contribution in [2.45, 2.75) is 38.3 Å². The van der Waals surface area contributed by atoms with E-state index in [0.717, 1.165) is 48.0 Å². The van der Waals surface area contributed by atoms with E-state index in [1.54, 1.807) is 13.3 Å². The molecule has 3 aromatic rings. The van der Waals surface area contributed by atoms with E-state index in [2.05, 4.69) is 27.8 Å². The largest absolute Gasteiger partial charge is 0.495 e. The van der Waals surface area contributed by atoms with Crippen LogP contribution in [0.1, 0.15) is 37.3 Å². The van der Waals surface area contributed by atoms with Gasteiger partial charge in [-0.3, -0.25) is 9.78 Å². The molecule has 0 saturated carbocycles. The lowest BCUT2D eigenvalue weighted by molar-refractivity contribution is -0.135. The van der Waals surface area contributed by atoms with E-state index in [9.17, 15) is 4.79 Å². The van der Waals surface area contributed by atoms with Gasteiger partial charge >= 0.3 is 0 Å². The van der Waals surface area contributed by atoms with Gasteiger partial charge in [-0.15, -0.1) is 0 Å². The number of carbonyl (C=O) groups is 1. The van der Waals surface area contributed by atoms with Crippen molar-refractivity contribution >= 4 is 16.8 Å². The Kier molecular flexibility index (Phi) is 5.10. The molecule has 27 heavy (non-hydrogen) atoms. The number of carbonyl (C=O) groups excluding carboxylic acids is 1. The van der Waals surface area contributed by atoms with E-state index in [0.29, 0.717) is 13.0 Å². The maximum absolute atomic E-state index is 13.0. The SMILES string of the molecule is COc1cccc2ccn(CCC(=O)N3CCCCC3c3cccnc3)c12. The summed E-state index contributed by atoms with van der Waals surface area (Å²) >= 11 is 0. The van der Waals surface area contributed by atoms with Crippen LogP contribution in [-0.2, 0) is 11.3 Å². The Hall–Kier alpha value is -2.82. The van der Waals surface area contributed by atoms with Gasteiger partial charge in [0.15, 0.2) is 0 Å². The fourth-order valence-corrected chi connectivity index (χ4v) is 4.09. The molecular weight excluding hydrogens is 338 g/mol. The first-order valence-electron chi connectivity index (χ1n) is 9.59. The molecule has 3 heterocycles. The van der Waals surface area contributed by atoms with Crippen LogP contribution < -0.4 is 4.74 Å². The first-order chi connectivity index (χ1) is 13.3. The summed E-state index contributed by atoms with van der Waals surface area (Å²) in [5.41, 5.74) is 2.19. The van der Waals surface area contributed by atoms with Crippen LogP contribution in [0.3, 0.4) is 0 Å². The number of hydrogen-bond acceptors (Lipinski definition) is 3. The van der Waals surface area contributed by atoms with Crippen LogP contribution in [0.5, 0.6) is 5.75 Å². The zero-order valence-electron chi connectivity index (χ0n) is 15.7. The molecule has 0 spiro atoms. The normalized spacial score (nSPS) is 17.2. The molecule has 1 atom stereocenters. The number of hydrogen-bond donors (Lipinski definition) is 0. The third-order valence-electron chi connectivity index (χ3n) is 5.43. The van der Waals surface area contributed by atoms with Crippen molar-refractivity contribution in [1.29, 1.82) is 0 Å². The number of para-hydroxylation sites is 1. The Morgan fingerprint density at radius 1 is 1.22 bits per heavy atom. The zero-order chi connectivity index (χ0) is 18.6. The minimum absolute atomic E-state index is 0.149. The van der Waals surface area contributed by atoms with Gasteiger partial charge in [-0.25, -0.2) is 0 Å². The topological polar surface area (TPSA) is 47.4 Å². The van der Waals surface area contributed by atoms with Gasteiger partial charge in [0, 0.05) is 43.5 Å². The maximum Gasteiger partial charge on any atom is 0.224 e. The summed E-state index contributed by atoms with van der Waals surface area (Å²) in [6, 6.07) is 12.3. The fourth-order valence-electron chi connectivity index (χ4n) is 4.09. The van der Waals surface area contributed by atoms with E-state index in [1.165, 1.54) is 0 Å². The van der Waals surface area contributed by atoms with Crippen molar-refractivity contribution in [3.8, 4) is 5.75 Å². The third kappa shape index (κ3) is 3.54. The summed E-state index contributed by atoms with van der Waals surface area (Å²) in [5.74, 6) is 1.05. The fraction of sp³-hybridized carbons (Fsp3) is 0.364. The van der Waals surface area contributed by atoms with Gasteiger partial charge < -0.3 is 14.2 Å². The van der Waals surface area contributed by atoms with Gasteiger partial charge in [0.25, 0.3) is 0 Å². The molecule has 5 nitrogen and oxygen atoms in total. The van der Waals surface area contributed by atoms with Gasteiger partial charge in [0.2, 0.25) is 5.91 Å². The molecule has 0 aliphatic carbocycles. The van der Waals surface area contributed by atoms with Crippen molar-refractivity contribution < 1.29 is 9.53 Å². The molecule has 1 amide bonds. The molecule has 0 bridgehead atoms. The summed E-state index contributed by atoms with van der Waals surface area (Å²) in [6.45, 7) is 1.48. The van der Waals surface area contributed by atoms with Crippen LogP contribution >= 0.6 is 0 Å². The molecule has 5 heteroatoms. The standard InChI is InChI=1S/C22H25N3O2/c1-27-20-9-4-6-17-10-14-24(22(17)20)15-11-21(26)25-13-3-2-8-19(25)18-7-5-12-23-16-18/h4-7,9-10,12,14,16,19H,2-3,8,11,13,15H2,1H3. The molecule has 0 radical (unpaired) electrons. The smallest absolute Gasteiger partial charge is 0.224 e. The second-order valence-electron chi connectivity index (χ2n) is 7.04. The number of nitrogens with zero attached hydrogens (tertiary/aromatic N) is 3. The van der Waals surface area contributed by atoms with Gasteiger partial charge in [-0.2, -0.15) is 0 Å². The number of amides is 1. The van der Waals surface area contributed by atoms with Crippen LogP contribution in [-0.4, -0.2) is 34.0 Å². The number of rotatable bonds is 5. The number of aromatic nitrogens is 2. The lowest BCUT2D eigenvalue weighted by Crippen LogP contribution is -2.38. The van der Waals surface area contributed by atoms with E-state index in [4.69, 9.17) is 4.74 Å². The molecule has 2 aromatic heterocycles. The van der Waals surface area contributed by atoms with E-state index < -0.39 is 0 Å². The summed E-state index contributed by atoms with van der Waals surface area (Å²) in [5, 5.41) is 1.13. The van der Waals surface area contributed by atoms with Crippen LogP contribution in [0.15, 0.2) is 55.0 Å². The Labute approximate surface area is 159 Å². The molecule has 1 unspecified atom stereocenters. The van der Waals surface area contributed by atoms with Crippen molar-refractivity contribution in [2.24, 2.45) is 0 Å². The van der Waals surface area contributed by atoms with Crippen molar-refractivity contribution in [3.05, 3.63) is 60.6 Å². The number of methoxy groups -OCH3 is 1. The van der Waals surface area contributed by atoms with Crippen LogP contribution in [0.25, 0.3) is 10.9 Å². The predicted octanol–water partition coefficient (Wildman–Crippen LogP) is 4.19. The molecule has 1 aromatic carbocycles. The minimum atomic E-state index is 0.149. The molecule has 0 N–H and O–H groups in total. The third-order valence-corrected chi connectivity index (χ3v) is 5.43. The first kappa shape index (κ1) is 17.6. The lowest BCUT2D eigenvalue weighted by Gasteiger charge is -2.36. The minimum Gasteiger partial charge on any atom is -0.495 e. The average molecular weight is 363 g/mol. The van der Waals surface area contributed by atoms with Gasteiger partial charge in [-0.1, -0.05) is 18.2 Å². The summed E-state index contributed by atoms with van der Waals surface area (Å²) < 4.78 is 7.62. The highest BCUT2D eigenvalue weighted by Crippen LogP contribution is 2.31. The van der Waals surface area contributed by atoms with E-state index in [-0.39, 0.29) is 11.9 Å². The average Bonchev–Trinajstić information content (AvgIpc) is 3.16. The highest BCUT2D eigenvalue weighted by atomic mass is 16.5. The molecule has 1 aliphatic heterocycles. The number of ether oxygens (including phenoxy) is 1. The van der Waals surface area contributed by atoms with Crippen LogP contribution in [0.2, 0.25) is 0 Å². The second-order valence-corrected chi connectivity index (χ2v) is 7.04. The number of likely N-dealkylation sites (tertiary alicyclic amines) is 1. The Balaban J connectivity index is 1.50. The second kappa shape index (κ2) is 7.82. The molecule has 1 aliphatic rings.